The number of thiazole rings is 1. The van der Waals surface area contributed by atoms with Gasteiger partial charge in [0.25, 0.3) is 5.56 Å². The smallest absolute Gasteiger partial charge is 0.338 e. The molecule has 1 unspecified atom stereocenters. The maximum atomic E-state index is 13.9. The van der Waals surface area contributed by atoms with E-state index in [1.54, 1.807) is 42.9 Å². The van der Waals surface area contributed by atoms with Gasteiger partial charge in [-0.2, -0.15) is 0 Å². The van der Waals surface area contributed by atoms with Gasteiger partial charge in [-0.1, -0.05) is 80.3 Å². The molecule has 218 valence electrons. The van der Waals surface area contributed by atoms with E-state index in [1.807, 2.05) is 32.0 Å². The fourth-order valence-electron chi connectivity index (χ4n) is 4.48. The number of allylic oxidation sites excluding steroid dienone is 1. The van der Waals surface area contributed by atoms with E-state index in [1.165, 1.54) is 11.3 Å². The molecule has 1 aliphatic heterocycles. The van der Waals surface area contributed by atoms with Crippen molar-refractivity contribution in [1.82, 2.24) is 4.57 Å². The van der Waals surface area contributed by atoms with Crippen LogP contribution in [0.25, 0.3) is 6.08 Å². The molecule has 2 aromatic carbocycles. The molecule has 0 amide bonds. The molecule has 3 aromatic rings. The topological polar surface area (TPSA) is 79.1 Å². The molecule has 0 N–H and O–H groups in total. The molecule has 41 heavy (non-hydrogen) atoms. The summed E-state index contributed by atoms with van der Waals surface area (Å²) in [5, 5.41) is 0.818. The number of nitrogens with zero attached hydrogens (tertiary/aromatic N) is 2. The molecule has 0 saturated carbocycles. The number of methoxy groups -OCH3 is 1. The predicted molar refractivity (Wildman–Crippen MR) is 164 cm³/mol. The van der Waals surface area contributed by atoms with Crippen molar-refractivity contribution in [2.75, 3.05) is 20.3 Å². The zero-order chi connectivity index (χ0) is 29.7. The standard InChI is InChI=1S/C31H34Cl2N2O5S/c1-6-7-8-13-39-24-12-10-21(16-25(24)38-5)28-27(30(37)40-17-18(2)3)19(4)34-31-35(28)29(36)26(41-31)15-20-9-11-22(32)23(33)14-20/h9-12,14-16,18,28H,6-8,13,17H2,1-5H3/b26-15-. The van der Waals surface area contributed by atoms with Crippen molar-refractivity contribution in [1.29, 1.82) is 0 Å². The molecule has 4 rings (SSSR count). The number of halogens is 2. The quantitative estimate of drug-likeness (QED) is 0.186. The van der Waals surface area contributed by atoms with E-state index in [2.05, 4.69) is 11.9 Å². The van der Waals surface area contributed by atoms with Gasteiger partial charge in [-0.05, 0) is 60.7 Å². The van der Waals surface area contributed by atoms with Crippen LogP contribution in [0.1, 0.15) is 64.1 Å². The summed E-state index contributed by atoms with van der Waals surface area (Å²) in [6.45, 7) is 8.65. The highest BCUT2D eigenvalue weighted by Gasteiger charge is 2.34. The molecule has 0 fully saturated rings. The van der Waals surface area contributed by atoms with Crippen molar-refractivity contribution in [2.45, 2.75) is 53.0 Å². The Morgan fingerprint density at radius 1 is 1.12 bits per heavy atom. The number of hydrogen-bond acceptors (Lipinski definition) is 7. The Balaban J connectivity index is 1.85. The minimum Gasteiger partial charge on any atom is -0.493 e. The monoisotopic (exact) mass is 616 g/mol. The number of benzene rings is 2. The minimum absolute atomic E-state index is 0.148. The lowest BCUT2D eigenvalue weighted by Crippen LogP contribution is -2.40. The van der Waals surface area contributed by atoms with Crippen LogP contribution in [0, 0.1) is 5.92 Å². The van der Waals surface area contributed by atoms with E-state index in [0.717, 1.165) is 24.8 Å². The van der Waals surface area contributed by atoms with Crippen LogP contribution in [0.3, 0.4) is 0 Å². The van der Waals surface area contributed by atoms with E-state index >= 15 is 0 Å². The van der Waals surface area contributed by atoms with Gasteiger partial charge < -0.3 is 14.2 Å². The Morgan fingerprint density at radius 3 is 2.59 bits per heavy atom. The number of carbonyl (C=O) groups excluding carboxylic acids is 1. The summed E-state index contributed by atoms with van der Waals surface area (Å²) in [6.07, 6.45) is 4.84. The molecule has 0 saturated heterocycles. The summed E-state index contributed by atoms with van der Waals surface area (Å²) >= 11 is 13.5. The van der Waals surface area contributed by atoms with Crippen LogP contribution in [-0.4, -0.2) is 30.9 Å². The molecular weight excluding hydrogens is 583 g/mol. The summed E-state index contributed by atoms with van der Waals surface area (Å²) in [5.74, 6) is 0.753. The Kier molecular flexibility index (Phi) is 10.3. The molecule has 0 radical (unpaired) electrons. The predicted octanol–water partition coefficient (Wildman–Crippen LogP) is 6.32. The fraction of sp³-hybridized carbons (Fsp3) is 0.387. The zero-order valence-corrected chi connectivity index (χ0v) is 26.2. The SMILES string of the molecule is CCCCCOc1ccc(C2C(C(=O)OCC(C)C)=C(C)N=c3s/c(=C\c4ccc(Cl)c(Cl)c4)c(=O)n32)cc1OC. The molecule has 1 aliphatic rings. The number of carbonyl (C=O) groups is 1. The molecule has 1 atom stereocenters. The average molecular weight is 618 g/mol. The van der Waals surface area contributed by atoms with Gasteiger partial charge in [0.2, 0.25) is 0 Å². The lowest BCUT2D eigenvalue weighted by atomic mass is 9.95. The van der Waals surface area contributed by atoms with Crippen molar-refractivity contribution in [3.8, 4) is 11.5 Å². The van der Waals surface area contributed by atoms with E-state index in [4.69, 9.17) is 37.4 Å². The van der Waals surface area contributed by atoms with Gasteiger partial charge in [0.15, 0.2) is 16.3 Å². The fourth-order valence-corrected chi connectivity index (χ4v) is 5.83. The van der Waals surface area contributed by atoms with Crippen LogP contribution in [-0.2, 0) is 9.53 Å². The number of rotatable bonds is 11. The number of unbranched alkanes of at least 4 members (excludes halogenated alkanes) is 2. The van der Waals surface area contributed by atoms with Gasteiger partial charge in [0.1, 0.15) is 0 Å². The third-order valence-corrected chi connectivity index (χ3v) is 8.26. The third-order valence-electron chi connectivity index (χ3n) is 6.54. The largest absolute Gasteiger partial charge is 0.493 e. The Hall–Kier alpha value is -3.07. The van der Waals surface area contributed by atoms with Crippen LogP contribution < -0.4 is 24.4 Å². The zero-order valence-electron chi connectivity index (χ0n) is 23.8. The Morgan fingerprint density at radius 2 is 1.90 bits per heavy atom. The molecule has 0 bridgehead atoms. The highest BCUT2D eigenvalue weighted by Crippen LogP contribution is 2.36. The average Bonchev–Trinajstić information content (AvgIpc) is 3.24. The maximum absolute atomic E-state index is 13.9. The molecule has 10 heteroatoms. The number of hydrogen-bond donors (Lipinski definition) is 0. The van der Waals surface area contributed by atoms with Gasteiger partial charge >= 0.3 is 5.97 Å². The first kappa shape index (κ1) is 30.9. The van der Waals surface area contributed by atoms with Gasteiger partial charge in [-0.25, -0.2) is 9.79 Å². The number of ether oxygens (including phenoxy) is 3. The maximum Gasteiger partial charge on any atom is 0.338 e. The second-order valence-corrected chi connectivity index (χ2v) is 12.0. The summed E-state index contributed by atoms with van der Waals surface area (Å²) < 4.78 is 19.3. The first-order valence-electron chi connectivity index (χ1n) is 13.6. The molecule has 0 aliphatic carbocycles. The van der Waals surface area contributed by atoms with Crippen molar-refractivity contribution in [2.24, 2.45) is 10.9 Å². The molecular formula is C31H34Cl2N2O5S. The van der Waals surface area contributed by atoms with E-state index < -0.39 is 12.0 Å². The van der Waals surface area contributed by atoms with Crippen molar-refractivity contribution < 1.29 is 19.0 Å². The Labute approximate surface area is 253 Å². The lowest BCUT2D eigenvalue weighted by Gasteiger charge is -2.25. The number of esters is 1. The third kappa shape index (κ3) is 7.05. The van der Waals surface area contributed by atoms with Gasteiger partial charge in [-0.3, -0.25) is 9.36 Å². The number of aromatic nitrogens is 1. The van der Waals surface area contributed by atoms with Crippen LogP contribution >= 0.6 is 34.5 Å². The number of fused-ring (bicyclic) bond motifs is 1. The normalized spacial score (nSPS) is 15.1. The van der Waals surface area contributed by atoms with Crippen molar-refractivity contribution >= 4 is 46.6 Å². The van der Waals surface area contributed by atoms with Crippen molar-refractivity contribution in [3.63, 3.8) is 0 Å². The van der Waals surface area contributed by atoms with E-state index in [9.17, 15) is 9.59 Å². The summed E-state index contributed by atoms with van der Waals surface area (Å²) in [5.41, 5.74) is 1.91. The van der Waals surface area contributed by atoms with Gasteiger partial charge in [0.05, 0.1) is 52.2 Å². The highest BCUT2D eigenvalue weighted by atomic mass is 35.5. The minimum atomic E-state index is -0.773. The first-order chi connectivity index (χ1) is 19.6. The van der Waals surface area contributed by atoms with Gasteiger partial charge in [0, 0.05) is 0 Å². The van der Waals surface area contributed by atoms with Crippen LogP contribution in [0.2, 0.25) is 10.0 Å². The molecule has 2 heterocycles. The van der Waals surface area contributed by atoms with Crippen LogP contribution in [0.5, 0.6) is 11.5 Å². The highest BCUT2D eigenvalue weighted by molar-refractivity contribution is 7.07. The second kappa shape index (κ2) is 13.7. The van der Waals surface area contributed by atoms with Crippen molar-refractivity contribution in [3.05, 3.63) is 88.5 Å². The molecule has 1 aromatic heterocycles. The van der Waals surface area contributed by atoms with Gasteiger partial charge in [-0.15, -0.1) is 0 Å². The van der Waals surface area contributed by atoms with E-state index in [-0.39, 0.29) is 18.1 Å². The summed E-state index contributed by atoms with van der Waals surface area (Å²) in [7, 11) is 1.57. The molecule has 7 nitrogen and oxygen atoms in total. The van der Waals surface area contributed by atoms with E-state index in [0.29, 0.717) is 54.3 Å². The first-order valence-corrected chi connectivity index (χ1v) is 15.2. The summed E-state index contributed by atoms with van der Waals surface area (Å²) in [6, 6.07) is 9.87. The summed E-state index contributed by atoms with van der Waals surface area (Å²) in [4.78, 5) is 32.5. The lowest BCUT2D eigenvalue weighted by molar-refractivity contribution is -0.140. The Bertz CT molecular complexity index is 1640. The second-order valence-electron chi connectivity index (χ2n) is 10.2. The van der Waals surface area contributed by atoms with Crippen LogP contribution in [0.4, 0.5) is 0 Å². The van der Waals surface area contributed by atoms with Crippen LogP contribution in [0.15, 0.2) is 57.5 Å². The molecule has 0 spiro atoms.